The van der Waals surface area contributed by atoms with Gasteiger partial charge in [0.1, 0.15) is 5.82 Å². The van der Waals surface area contributed by atoms with E-state index in [1.807, 2.05) is 0 Å². The van der Waals surface area contributed by atoms with E-state index in [1.54, 1.807) is 12.1 Å². The van der Waals surface area contributed by atoms with Gasteiger partial charge in [-0.1, -0.05) is 6.07 Å². The van der Waals surface area contributed by atoms with Crippen molar-refractivity contribution in [3.8, 4) is 0 Å². The Balaban J connectivity index is 3.03. The molecule has 0 aliphatic heterocycles. The van der Waals surface area contributed by atoms with Gasteiger partial charge in [-0.3, -0.25) is 4.79 Å². The second kappa shape index (κ2) is 3.66. The summed E-state index contributed by atoms with van der Waals surface area (Å²) in [5.74, 6) is -0.214. The van der Waals surface area contributed by atoms with Gasteiger partial charge >= 0.3 is 6.03 Å². The van der Waals surface area contributed by atoms with Gasteiger partial charge in [-0.2, -0.15) is 0 Å². The highest BCUT2D eigenvalue weighted by atomic mass is 16.2. The molecule has 0 fully saturated rings. The number of pyridine rings is 1. The lowest BCUT2D eigenvalue weighted by Gasteiger charge is -2.14. The smallest absolute Gasteiger partial charge is 0.327 e. The number of rotatable bonds is 1. The van der Waals surface area contributed by atoms with Gasteiger partial charge in [-0.05, 0) is 12.1 Å². The first-order chi connectivity index (χ1) is 6.13. The molecule has 0 radical (unpaired) electrons. The number of imide groups is 1. The highest BCUT2D eigenvalue weighted by molar-refractivity contribution is 6.11. The zero-order valence-electron chi connectivity index (χ0n) is 7.10. The van der Waals surface area contributed by atoms with E-state index >= 15 is 0 Å². The number of nitrogens with two attached hydrogens (primary N) is 1. The molecule has 0 spiro atoms. The minimum absolute atomic E-state index is 0.238. The number of nitrogens with zero attached hydrogens (tertiary/aromatic N) is 2. The fourth-order valence-electron chi connectivity index (χ4n) is 0.915. The molecule has 0 saturated heterocycles. The summed E-state index contributed by atoms with van der Waals surface area (Å²) in [4.78, 5) is 26.4. The summed E-state index contributed by atoms with van der Waals surface area (Å²) in [7, 11) is 0. The molecule has 5 heteroatoms. The van der Waals surface area contributed by atoms with E-state index < -0.39 is 11.9 Å². The number of hydrogen-bond donors (Lipinski definition) is 1. The molecule has 1 aromatic rings. The molecule has 0 bridgehead atoms. The lowest BCUT2D eigenvalue weighted by Crippen LogP contribution is -2.39. The molecular weight excluding hydrogens is 170 g/mol. The molecule has 0 aliphatic carbocycles. The van der Waals surface area contributed by atoms with Gasteiger partial charge in [-0.25, -0.2) is 14.7 Å². The summed E-state index contributed by atoms with van der Waals surface area (Å²) in [6.07, 6.45) is 1.48. The maximum atomic E-state index is 11.0. The van der Waals surface area contributed by atoms with Crippen molar-refractivity contribution in [2.24, 2.45) is 5.73 Å². The summed E-state index contributed by atoms with van der Waals surface area (Å²) in [6.45, 7) is 1.25. The van der Waals surface area contributed by atoms with Crippen molar-refractivity contribution in [1.82, 2.24) is 4.98 Å². The summed E-state index contributed by atoms with van der Waals surface area (Å²) in [5, 5.41) is 0. The summed E-state index contributed by atoms with van der Waals surface area (Å²) >= 11 is 0. The fourth-order valence-corrected chi connectivity index (χ4v) is 0.915. The maximum Gasteiger partial charge on any atom is 0.327 e. The average Bonchev–Trinajstić information content (AvgIpc) is 2.04. The van der Waals surface area contributed by atoms with E-state index in [0.29, 0.717) is 0 Å². The minimum Gasteiger partial charge on any atom is -0.351 e. The normalized spacial score (nSPS) is 9.31. The van der Waals surface area contributed by atoms with Gasteiger partial charge in [0, 0.05) is 13.1 Å². The highest BCUT2D eigenvalue weighted by Crippen LogP contribution is 2.08. The van der Waals surface area contributed by atoms with Crippen LogP contribution in [0, 0.1) is 0 Å². The van der Waals surface area contributed by atoms with Crippen LogP contribution in [-0.4, -0.2) is 16.9 Å². The van der Waals surface area contributed by atoms with Crippen LogP contribution in [0.1, 0.15) is 6.92 Å². The van der Waals surface area contributed by atoms with Crippen LogP contribution < -0.4 is 10.6 Å². The zero-order valence-corrected chi connectivity index (χ0v) is 7.10. The van der Waals surface area contributed by atoms with Crippen LogP contribution in [0.15, 0.2) is 24.4 Å². The zero-order chi connectivity index (χ0) is 9.84. The molecular formula is C8H9N3O2. The molecule has 1 aromatic heterocycles. The highest BCUT2D eigenvalue weighted by Gasteiger charge is 2.17. The van der Waals surface area contributed by atoms with Crippen molar-refractivity contribution in [3.63, 3.8) is 0 Å². The molecule has 0 aromatic carbocycles. The Morgan fingerprint density at radius 1 is 1.46 bits per heavy atom. The standard InChI is InChI=1S/C8H9N3O2/c1-6(12)11(8(9)13)7-4-2-3-5-10-7/h2-5H,1H3,(H2,9,13). The fraction of sp³-hybridized carbons (Fsp3) is 0.125. The van der Waals surface area contributed by atoms with Crippen molar-refractivity contribution in [3.05, 3.63) is 24.4 Å². The first-order valence-corrected chi connectivity index (χ1v) is 3.64. The second-order valence-electron chi connectivity index (χ2n) is 2.38. The summed E-state index contributed by atoms with van der Waals surface area (Å²) < 4.78 is 0. The Labute approximate surface area is 75.2 Å². The first kappa shape index (κ1) is 9.18. The number of amides is 3. The molecule has 0 aliphatic rings. The Kier molecular flexibility index (Phi) is 2.59. The quantitative estimate of drug-likeness (QED) is 0.682. The van der Waals surface area contributed by atoms with Crippen molar-refractivity contribution in [1.29, 1.82) is 0 Å². The van der Waals surface area contributed by atoms with Crippen molar-refractivity contribution in [2.75, 3.05) is 4.90 Å². The number of carbonyl (C=O) groups excluding carboxylic acids is 2. The Bertz CT molecular complexity index is 309. The summed E-state index contributed by atoms with van der Waals surface area (Å²) in [6, 6.07) is 4.06. The van der Waals surface area contributed by atoms with Gasteiger partial charge in [0.05, 0.1) is 0 Å². The van der Waals surface area contributed by atoms with Crippen LogP contribution in [0.5, 0.6) is 0 Å². The molecule has 3 amide bonds. The third-order valence-electron chi connectivity index (χ3n) is 1.41. The number of aromatic nitrogens is 1. The van der Waals surface area contributed by atoms with Crippen molar-refractivity contribution < 1.29 is 9.59 Å². The molecule has 1 heterocycles. The van der Waals surface area contributed by atoms with Crippen molar-refractivity contribution >= 4 is 17.8 Å². The maximum absolute atomic E-state index is 11.0. The molecule has 2 N–H and O–H groups in total. The first-order valence-electron chi connectivity index (χ1n) is 3.64. The average molecular weight is 179 g/mol. The molecule has 68 valence electrons. The van der Waals surface area contributed by atoms with Crippen LogP contribution in [0.25, 0.3) is 0 Å². The number of hydrogen-bond acceptors (Lipinski definition) is 3. The van der Waals surface area contributed by atoms with Crippen LogP contribution in [0.4, 0.5) is 10.6 Å². The lowest BCUT2D eigenvalue weighted by atomic mass is 10.4. The number of carbonyl (C=O) groups is 2. The van der Waals surface area contributed by atoms with E-state index in [4.69, 9.17) is 5.73 Å². The number of anilines is 1. The van der Waals surface area contributed by atoms with Crippen LogP contribution in [0.2, 0.25) is 0 Å². The SMILES string of the molecule is CC(=O)N(C(N)=O)c1ccccn1. The Morgan fingerprint density at radius 3 is 2.54 bits per heavy atom. The lowest BCUT2D eigenvalue weighted by molar-refractivity contribution is -0.115. The third kappa shape index (κ3) is 2.02. The molecule has 5 nitrogen and oxygen atoms in total. The van der Waals surface area contributed by atoms with Gasteiger partial charge in [-0.15, -0.1) is 0 Å². The van der Waals surface area contributed by atoms with Gasteiger partial charge in [0.2, 0.25) is 5.91 Å². The molecule has 0 unspecified atom stereocenters. The van der Waals surface area contributed by atoms with Gasteiger partial charge < -0.3 is 5.73 Å². The van der Waals surface area contributed by atoms with Crippen LogP contribution in [0.3, 0.4) is 0 Å². The van der Waals surface area contributed by atoms with Gasteiger partial charge in [0.25, 0.3) is 0 Å². The van der Waals surface area contributed by atoms with E-state index in [2.05, 4.69) is 4.98 Å². The minimum atomic E-state index is -0.828. The Morgan fingerprint density at radius 2 is 2.15 bits per heavy atom. The van der Waals surface area contributed by atoms with E-state index in [0.717, 1.165) is 4.90 Å². The largest absolute Gasteiger partial charge is 0.351 e. The Hall–Kier alpha value is -1.91. The summed E-state index contributed by atoms with van der Waals surface area (Å²) in [5.41, 5.74) is 5.00. The molecule has 0 atom stereocenters. The predicted octanol–water partition coefficient (Wildman–Crippen LogP) is 0.513. The van der Waals surface area contributed by atoms with E-state index in [-0.39, 0.29) is 5.82 Å². The monoisotopic (exact) mass is 179 g/mol. The molecule has 13 heavy (non-hydrogen) atoms. The van der Waals surface area contributed by atoms with E-state index in [9.17, 15) is 9.59 Å². The van der Waals surface area contributed by atoms with Crippen LogP contribution >= 0.6 is 0 Å². The predicted molar refractivity (Wildman–Crippen MR) is 47.0 cm³/mol. The topological polar surface area (TPSA) is 76.3 Å². The van der Waals surface area contributed by atoms with Gasteiger partial charge in [0.15, 0.2) is 0 Å². The van der Waals surface area contributed by atoms with Crippen molar-refractivity contribution in [2.45, 2.75) is 6.92 Å². The second-order valence-corrected chi connectivity index (χ2v) is 2.38. The van der Waals surface area contributed by atoms with Crippen LogP contribution in [-0.2, 0) is 4.79 Å². The third-order valence-corrected chi connectivity index (χ3v) is 1.41. The molecule has 1 rings (SSSR count). The number of urea groups is 1. The molecule has 0 saturated carbocycles. The van der Waals surface area contributed by atoms with E-state index in [1.165, 1.54) is 19.2 Å². The number of primary amides is 1.